The summed E-state index contributed by atoms with van der Waals surface area (Å²) in [5, 5.41) is 4.37. The quantitative estimate of drug-likeness (QED) is 0.786. The third-order valence-corrected chi connectivity index (χ3v) is 3.67. The van der Waals surface area contributed by atoms with Crippen molar-refractivity contribution in [1.29, 1.82) is 0 Å². The molecule has 102 valence electrons. The van der Waals surface area contributed by atoms with Crippen molar-refractivity contribution in [2.24, 2.45) is 5.16 Å². The number of hydrogen-bond donors (Lipinski definition) is 0. The van der Waals surface area contributed by atoms with E-state index in [-0.39, 0.29) is 0 Å². The summed E-state index contributed by atoms with van der Waals surface area (Å²) >= 11 is 0. The third-order valence-electron chi connectivity index (χ3n) is 3.67. The van der Waals surface area contributed by atoms with Gasteiger partial charge in [-0.15, -0.1) is 0 Å². The van der Waals surface area contributed by atoms with E-state index in [2.05, 4.69) is 16.2 Å². The van der Waals surface area contributed by atoms with Crippen LogP contribution in [0.25, 0.3) is 0 Å². The highest BCUT2D eigenvalue weighted by Crippen LogP contribution is 2.31. The van der Waals surface area contributed by atoms with Crippen molar-refractivity contribution in [2.75, 3.05) is 0 Å². The average molecular weight is 266 g/mol. The maximum absolute atomic E-state index is 5.52. The number of rotatable bonds is 4. The van der Waals surface area contributed by atoms with Gasteiger partial charge in [-0.25, -0.2) is 0 Å². The van der Waals surface area contributed by atoms with Crippen molar-refractivity contribution >= 4 is 5.71 Å². The average Bonchev–Trinajstić information content (AvgIpc) is 2.98. The van der Waals surface area contributed by atoms with Crippen LogP contribution in [0.1, 0.15) is 36.3 Å². The summed E-state index contributed by atoms with van der Waals surface area (Å²) in [4.78, 5) is 9.72. The van der Waals surface area contributed by atoms with Crippen LogP contribution in [0.2, 0.25) is 0 Å². The molecule has 3 nitrogen and oxygen atoms in total. The zero-order valence-electron chi connectivity index (χ0n) is 11.4. The smallest absolute Gasteiger partial charge is 0.142 e. The Hall–Kier alpha value is -2.16. The van der Waals surface area contributed by atoms with Crippen molar-refractivity contribution < 1.29 is 4.84 Å². The molecule has 1 saturated carbocycles. The van der Waals surface area contributed by atoms with Crippen LogP contribution in [0.15, 0.2) is 60.0 Å². The van der Waals surface area contributed by atoms with Gasteiger partial charge in [0, 0.05) is 18.3 Å². The number of aromatic nitrogens is 1. The lowest BCUT2D eigenvalue weighted by Gasteiger charge is -2.10. The molecule has 0 N–H and O–H groups in total. The Kier molecular flexibility index (Phi) is 4.07. The van der Waals surface area contributed by atoms with Crippen LogP contribution in [0, 0.1) is 0 Å². The Labute approximate surface area is 119 Å². The first-order chi connectivity index (χ1) is 9.93. The van der Waals surface area contributed by atoms with Gasteiger partial charge in [0.05, 0.1) is 5.71 Å². The normalized spacial score (nSPS) is 20.2. The minimum absolute atomic E-state index is 0.375. The zero-order chi connectivity index (χ0) is 13.6. The fourth-order valence-electron chi connectivity index (χ4n) is 2.64. The summed E-state index contributed by atoms with van der Waals surface area (Å²) in [5.74, 6) is 0.375. The molecule has 0 saturated heterocycles. The molecule has 1 aliphatic carbocycles. The van der Waals surface area contributed by atoms with E-state index in [0.717, 1.165) is 24.1 Å². The van der Waals surface area contributed by atoms with Crippen LogP contribution in [0.4, 0.5) is 0 Å². The van der Waals surface area contributed by atoms with Gasteiger partial charge in [-0.05, 0) is 36.5 Å². The molecular formula is C17H18N2O. The third kappa shape index (κ3) is 3.05. The van der Waals surface area contributed by atoms with Crippen molar-refractivity contribution in [1.82, 2.24) is 4.98 Å². The Bertz CT molecular complexity index is 566. The van der Waals surface area contributed by atoms with Crippen LogP contribution in [-0.4, -0.2) is 10.7 Å². The van der Waals surface area contributed by atoms with E-state index in [1.165, 1.54) is 12.0 Å². The van der Waals surface area contributed by atoms with Gasteiger partial charge in [0.25, 0.3) is 0 Å². The van der Waals surface area contributed by atoms with Gasteiger partial charge in [0.1, 0.15) is 6.61 Å². The Morgan fingerprint density at radius 3 is 2.85 bits per heavy atom. The minimum atomic E-state index is 0.375. The van der Waals surface area contributed by atoms with Crippen molar-refractivity contribution in [2.45, 2.75) is 31.8 Å². The van der Waals surface area contributed by atoms with Crippen LogP contribution in [0.5, 0.6) is 0 Å². The molecule has 0 amide bonds. The van der Waals surface area contributed by atoms with Gasteiger partial charge in [-0.2, -0.15) is 0 Å². The zero-order valence-corrected chi connectivity index (χ0v) is 11.4. The molecule has 1 atom stereocenters. The molecule has 1 aromatic heterocycles. The molecule has 0 bridgehead atoms. The second-order valence-corrected chi connectivity index (χ2v) is 5.07. The van der Waals surface area contributed by atoms with Gasteiger partial charge in [-0.3, -0.25) is 4.98 Å². The Morgan fingerprint density at radius 2 is 2.05 bits per heavy atom. The standard InChI is InChI=1S/C17H18N2O/c1-2-6-14(7-3-1)13-20-19-17-10-4-9-16(17)15-8-5-11-18-12-15/h1-3,5-8,11-12,16H,4,9-10,13H2. The summed E-state index contributed by atoms with van der Waals surface area (Å²) in [6, 6.07) is 14.2. The highest BCUT2D eigenvalue weighted by molar-refractivity contribution is 5.92. The number of pyridine rings is 1. The van der Waals surface area contributed by atoms with Crippen LogP contribution < -0.4 is 0 Å². The largest absolute Gasteiger partial charge is 0.391 e. The first kappa shape index (κ1) is 12.9. The SMILES string of the molecule is c1ccc(CON=C2CCCC2c2cccnc2)cc1. The minimum Gasteiger partial charge on any atom is -0.391 e. The summed E-state index contributed by atoms with van der Waals surface area (Å²) < 4.78 is 0. The van der Waals surface area contributed by atoms with E-state index in [1.54, 1.807) is 6.20 Å². The maximum Gasteiger partial charge on any atom is 0.142 e. The first-order valence-corrected chi connectivity index (χ1v) is 7.06. The predicted octanol–water partition coefficient (Wildman–Crippen LogP) is 3.92. The maximum atomic E-state index is 5.52. The Morgan fingerprint density at radius 1 is 1.15 bits per heavy atom. The molecule has 0 spiro atoms. The van der Waals surface area contributed by atoms with Crippen LogP contribution in [0.3, 0.4) is 0 Å². The van der Waals surface area contributed by atoms with Crippen molar-refractivity contribution in [3.05, 3.63) is 66.0 Å². The molecule has 1 fully saturated rings. The number of oxime groups is 1. The monoisotopic (exact) mass is 266 g/mol. The van der Waals surface area contributed by atoms with Gasteiger partial charge in [0.2, 0.25) is 0 Å². The predicted molar refractivity (Wildman–Crippen MR) is 79.5 cm³/mol. The molecule has 3 rings (SSSR count). The van der Waals surface area contributed by atoms with E-state index < -0.39 is 0 Å². The molecule has 3 heteroatoms. The van der Waals surface area contributed by atoms with Gasteiger partial charge in [-0.1, -0.05) is 41.6 Å². The number of benzene rings is 1. The topological polar surface area (TPSA) is 34.5 Å². The van der Waals surface area contributed by atoms with E-state index in [0.29, 0.717) is 12.5 Å². The summed E-state index contributed by atoms with van der Waals surface area (Å²) in [6.45, 7) is 0.532. The van der Waals surface area contributed by atoms with E-state index in [1.807, 2.05) is 42.6 Å². The van der Waals surface area contributed by atoms with Crippen LogP contribution in [-0.2, 0) is 11.4 Å². The van der Waals surface area contributed by atoms with E-state index in [4.69, 9.17) is 4.84 Å². The molecule has 2 aromatic rings. The molecule has 0 aliphatic heterocycles. The van der Waals surface area contributed by atoms with Gasteiger partial charge in [0.15, 0.2) is 0 Å². The number of nitrogens with zero attached hydrogens (tertiary/aromatic N) is 2. The van der Waals surface area contributed by atoms with Crippen LogP contribution >= 0.6 is 0 Å². The molecule has 20 heavy (non-hydrogen) atoms. The number of hydrogen-bond acceptors (Lipinski definition) is 3. The summed E-state index contributed by atoms with van der Waals surface area (Å²) in [7, 11) is 0. The lowest BCUT2D eigenvalue weighted by atomic mass is 9.98. The van der Waals surface area contributed by atoms with E-state index >= 15 is 0 Å². The van der Waals surface area contributed by atoms with Gasteiger partial charge >= 0.3 is 0 Å². The molecule has 1 heterocycles. The second kappa shape index (κ2) is 6.33. The first-order valence-electron chi connectivity index (χ1n) is 7.06. The van der Waals surface area contributed by atoms with Crippen molar-refractivity contribution in [3.63, 3.8) is 0 Å². The van der Waals surface area contributed by atoms with Crippen molar-refractivity contribution in [3.8, 4) is 0 Å². The summed E-state index contributed by atoms with van der Waals surface area (Å²) in [5.41, 5.74) is 3.54. The second-order valence-electron chi connectivity index (χ2n) is 5.07. The van der Waals surface area contributed by atoms with E-state index in [9.17, 15) is 0 Å². The highest BCUT2D eigenvalue weighted by atomic mass is 16.6. The molecule has 1 unspecified atom stereocenters. The Balaban J connectivity index is 1.65. The fraction of sp³-hybridized carbons (Fsp3) is 0.294. The van der Waals surface area contributed by atoms with Gasteiger partial charge < -0.3 is 4.84 Å². The summed E-state index contributed by atoms with van der Waals surface area (Å²) in [6.07, 6.45) is 7.07. The molecule has 1 aliphatic rings. The lowest BCUT2D eigenvalue weighted by Crippen LogP contribution is -2.06. The highest BCUT2D eigenvalue weighted by Gasteiger charge is 2.25. The fourth-order valence-corrected chi connectivity index (χ4v) is 2.64. The lowest BCUT2D eigenvalue weighted by molar-refractivity contribution is 0.129. The molecule has 0 radical (unpaired) electrons. The molecule has 1 aromatic carbocycles. The molecular weight excluding hydrogens is 248 g/mol.